The van der Waals surface area contributed by atoms with Crippen molar-refractivity contribution in [3.05, 3.63) is 113 Å². The molecule has 282 valence electrons. The van der Waals surface area contributed by atoms with Gasteiger partial charge in [0.05, 0.1) is 22.3 Å². The number of amides is 1. The molecule has 54 heavy (non-hydrogen) atoms. The van der Waals surface area contributed by atoms with Crippen LogP contribution in [0.4, 0.5) is 46.6 Å². The van der Waals surface area contributed by atoms with Crippen molar-refractivity contribution in [2.24, 2.45) is 13.0 Å². The number of aromatic nitrogens is 6. The Kier molecular flexibility index (Phi) is 10.9. The number of nitrogens with one attached hydrogen (secondary N) is 1. The van der Waals surface area contributed by atoms with Gasteiger partial charge in [-0.2, -0.15) is 37.9 Å². The average Bonchev–Trinajstić information content (AvgIpc) is 3.76. The number of halogens is 9. The number of piperidine rings is 1. The maximum absolute atomic E-state index is 14.5. The lowest BCUT2D eigenvalue weighted by Gasteiger charge is -2.32. The second-order valence-electron chi connectivity index (χ2n) is 12.5. The Labute approximate surface area is 307 Å². The predicted molar refractivity (Wildman–Crippen MR) is 185 cm³/mol. The van der Waals surface area contributed by atoms with Crippen LogP contribution in [0.3, 0.4) is 0 Å². The summed E-state index contributed by atoms with van der Waals surface area (Å²) >= 11 is 6.42. The van der Waals surface area contributed by atoms with Crippen LogP contribution in [0.1, 0.15) is 47.8 Å². The fourth-order valence-corrected chi connectivity index (χ4v) is 6.28. The number of carbonyl (C=O) groups is 1. The number of fused-ring (bicyclic) bond motifs is 1. The lowest BCUT2D eigenvalue weighted by molar-refractivity contribution is -0.137. The lowest BCUT2D eigenvalue weighted by atomic mass is 9.98. The highest BCUT2D eigenvalue weighted by atomic mass is 35.5. The van der Waals surface area contributed by atoms with Gasteiger partial charge < -0.3 is 10.2 Å². The Bertz CT molecular complexity index is 2300. The molecule has 0 saturated carbocycles. The van der Waals surface area contributed by atoms with E-state index in [4.69, 9.17) is 11.6 Å². The zero-order valence-electron chi connectivity index (χ0n) is 28.4. The van der Waals surface area contributed by atoms with E-state index in [-0.39, 0.29) is 33.3 Å². The zero-order valence-corrected chi connectivity index (χ0v) is 29.1. The zero-order chi connectivity index (χ0) is 38.9. The van der Waals surface area contributed by atoms with Crippen LogP contribution >= 0.6 is 11.6 Å². The van der Waals surface area contributed by atoms with E-state index in [1.807, 2.05) is 4.90 Å². The normalized spacial score (nSPS) is 13.7. The molecule has 9 nitrogen and oxygen atoms in total. The van der Waals surface area contributed by atoms with E-state index in [9.17, 15) is 39.9 Å². The van der Waals surface area contributed by atoms with Crippen LogP contribution in [0, 0.1) is 23.4 Å². The van der Waals surface area contributed by atoms with Gasteiger partial charge >= 0.3 is 6.18 Å². The second kappa shape index (κ2) is 15.4. The third kappa shape index (κ3) is 8.00. The van der Waals surface area contributed by atoms with E-state index in [2.05, 4.69) is 32.4 Å². The standard InChI is InChI=1S/C19H14F5N3O.C17H15ClF3N5/c1-27-10-14(16(26-27)17(20)21)18(28)25-15-8-3-2-7-13(15)11-5-4-6-12(9-11)19(22,23)24;1-9-2-4-25(5-3-9)16-14(13-11(20)6-10(19)7-12(13)21)15(18)26-17(24-16)22-8-23-26/h2-10,17H,1H3,(H,25,28);6-9H,2-5H2,1H3. The van der Waals surface area contributed by atoms with Crippen molar-refractivity contribution in [3.63, 3.8) is 0 Å². The summed E-state index contributed by atoms with van der Waals surface area (Å²) < 4.78 is 110. The van der Waals surface area contributed by atoms with Crippen molar-refractivity contribution in [3.8, 4) is 22.3 Å². The summed E-state index contributed by atoms with van der Waals surface area (Å²) in [5.41, 5.74) is -1.44. The summed E-state index contributed by atoms with van der Waals surface area (Å²) in [5, 5.41) is 9.99. The van der Waals surface area contributed by atoms with Crippen LogP contribution in [0.15, 0.2) is 73.2 Å². The van der Waals surface area contributed by atoms with Gasteiger partial charge in [-0.1, -0.05) is 48.9 Å². The van der Waals surface area contributed by atoms with E-state index < -0.39 is 52.8 Å². The molecular formula is C36H29ClF8N8O. The van der Waals surface area contributed by atoms with Gasteiger partial charge in [-0.25, -0.2) is 22.0 Å². The highest BCUT2D eigenvalue weighted by molar-refractivity contribution is 6.33. The maximum Gasteiger partial charge on any atom is 0.416 e. The van der Waals surface area contributed by atoms with E-state index in [1.54, 1.807) is 12.1 Å². The minimum atomic E-state index is -4.52. The highest BCUT2D eigenvalue weighted by Gasteiger charge is 2.31. The Hall–Kier alpha value is -5.58. The summed E-state index contributed by atoms with van der Waals surface area (Å²) in [6.07, 6.45) is -3.20. The second-order valence-corrected chi connectivity index (χ2v) is 12.8. The van der Waals surface area contributed by atoms with E-state index in [0.717, 1.165) is 35.9 Å². The number of anilines is 2. The molecule has 1 fully saturated rings. The van der Waals surface area contributed by atoms with Gasteiger partial charge in [-0.15, -0.1) is 0 Å². The molecule has 3 aromatic heterocycles. The monoisotopic (exact) mass is 776 g/mol. The first-order valence-corrected chi connectivity index (χ1v) is 16.7. The van der Waals surface area contributed by atoms with Crippen LogP contribution in [0.5, 0.6) is 0 Å². The van der Waals surface area contributed by atoms with Gasteiger partial charge in [0, 0.05) is 49.7 Å². The smallest absolute Gasteiger partial charge is 0.356 e. The summed E-state index contributed by atoms with van der Waals surface area (Å²) in [6.45, 7) is 3.50. The molecule has 1 aliphatic heterocycles. The van der Waals surface area contributed by atoms with E-state index in [0.29, 0.717) is 42.5 Å². The topological polar surface area (TPSA) is 93.2 Å². The Morgan fingerprint density at radius 3 is 2.31 bits per heavy atom. The van der Waals surface area contributed by atoms with Crippen LogP contribution in [-0.2, 0) is 13.2 Å². The predicted octanol–water partition coefficient (Wildman–Crippen LogP) is 9.39. The third-order valence-corrected chi connectivity index (χ3v) is 9.03. The van der Waals surface area contributed by atoms with Gasteiger partial charge in [-0.3, -0.25) is 9.48 Å². The van der Waals surface area contributed by atoms with Crippen molar-refractivity contribution in [2.45, 2.75) is 32.4 Å². The SMILES string of the molecule is CC1CCN(c2nc3ncnn3c(Cl)c2-c2c(F)cc(F)cc2F)CC1.Cn1cc(C(=O)Nc2ccccc2-c2cccc(C(F)(F)F)c2)c(C(F)F)n1. The minimum absolute atomic E-state index is 0.0227. The molecule has 0 bridgehead atoms. The molecular weight excluding hydrogens is 748 g/mol. The number of aryl methyl sites for hydroxylation is 1. The molecule has 18 heteroatoms. The van der Waals surface area contributed by atoms with Crippen LogP contribution in [0.25, 0.3) is 28.0 Å². The largest absolute Gasteiger partial charge is 0.416 e. The number of carbonyl (C=O) groups excluding carboxylic acids is 1. The fraction of sp³-hybridized carbons (Fsp3) is 0.250. The Morgan fingerprint density at radius 1 is 0.963 bits per heavy atom. The first kappa shape index (κ1) is 38.2. The third-order valence-electron chi connectivity index (χ3n) is 8.68. The summed E-state index contributed by atoms with van der Waals surface area (Å²) in [4.78, 5) is 22.9. The van der Waals surface area contributed by atoms with Crippen LogP contribution in [-0.4, -0.2) is 48.4 Å². The molecule has 3 aromatic carbocycles. The molecule has 1 aliphatic rings. The number of rotatable bonds is 6. The van der Waals surface area contributed by atoms with Crippen molar-refractivity contribution in [1.82, 2.24) is 29.4 Å². The van der Waals surface area contributed by atoms with Gasteiger partial charge in [-0.05, 0) is 42.5 Å². The minimum Gasteiger partial charge on any atom is -0.356 e. The molecule has 1 N–H and O–H groups in total. The summed E-state index contributed by atoms with van der Waals surface area (Å²) in [5.74, 6) is -2.80. The van der Waals surface area contributed by atoms with Crippen molar-refractivity contribution < 1.29 is 39.9 Å². The molecule has 6 aromatic rings. The van der Waals surface area contributed by atoms with Crippen molar-refractivity contribution in [2.75, 3.05) is 23.3 Å². The molecule has 0 radical (unpaired) electrons. The van der Waals surface area contributed by atoms with Crippen molar-refractivity contribution in [1.29, 1.82) is 0 Å². The van der Waals surface area contributed by atoms with E-state index >= 15 is 0 Å². The molecule has 1 amide bonds. The highest BCUT2D eigenvalue weighted by Crippen LogP contribution is 2.40. The molecule has 0 spiro atoms. The molecule has 4 heterocycles. The lowest BCUT2D eigenvalue weighted by Crippen LogP contribution is -2.34. The molecule has 1 saturated heterocycles. The molecule has 0 atom stereocenters. The van der Waals surface area contributed by atoms with Crippen LogP contribution < -0.4 is 10.2 Å². The number of para-hydroxylation sites is 1. The molecule has 7 rings (SSSR count). The van der Waals surface area contributed by atoms with Crippen LogP contribution in [0.2, 0.25) is 5.15 Å². The van der Waals surface area contributed by atoms with Gasteiger partial charge in [0.15, 0.2) is 0 Å². The van der Waals surface area contributed by atoms with Gasteiger partial charge in [0.2, 0.25) is 0 Å². The summed E-state index contributed by atoms with van der Waals surface area (Å²) in [7, 11) is 1.40. The first-order valence-electron chi connectivity index (χ1n) is 16.3. The summed E-state index contributed by atoms with van der Waals surface area (Å²) in [6, 6.07) is 12.1. The van der Waals surface area contributed by atoms with Gasteiger partial charge in [0.25, 0.3) is 18.1 Å². The average molecular weight is 777 g/mol. The Balaban J connectivity index is 0.000000185. The van der Waals surface area contributed by atoms with E-state index in [1.165, 1.54) is 42.2 Å². The first-order chi connectivity index (χ1) is 25.6. The number of hydrogen-bond acceptors (Lipinski definition) is 6. The fourth-order valence-electron chi connectivity index (χ4n) is 5.98. The number of nitrogens with zero attached hydrogens (tertiary/aromatic N) is 7. The molecule has 0 unspecified atom stereocenters. The quantitative estimate of drug-likeness (QED) is 0.134. The number of hydrogen-bond donors (Lipinski definition) is 1. The number of alkyl halides is 5. The molecule has 0 aliphatic carbocycles. The Morgan fingerprint density at radius 2 is 1.65 bits per heavy atom. The maximum atomic E-state index is 14.5. The van der Waals surface area contributed by atoms with Gasteiger partial charge in [0.1, 0.15) is 40.4 Å². The van der Waals surface area contributed by atoms with Crippen molar-refractivity contribution >= 4 is 34.8 Å². The number of benzene rings is 3.